The molecule has 4 heteroatoms. The molecule has 2 nitrogen and oxygen atoms in total. The van der Waals surface area contributed by atoms with Gasteiger partial charge >= 0.3 is 0 Å². The van der Waals surface area contributed by atoms with Crippen LogP contribution >= 0.6 is 22.9 Å². The molecule has 1 saturated heterocycles. The Morgan fingerprint density at radius 1 is 1.45 bits per heavy atom. The second kappa shape index (κ2) is 5.96. The molecule has 0 aromatic carbocycles. The third-order valence-electron chi connectivity index (χ3n) is 4.88. The van der Waals surface area contributed by atoms with E-state index in [1.807, 2.05) is 6.07 Å². The number of rotatable bonds is 5. The second-order valence-corrected chi connectivity index (χ2v) is 8.43. The Kier molecular flexibility index (Phi) is 4.42. The Balaban J connectivity index is 1.71. The van der Waals surface area contributed by atoms with Crippen molar-refractivity contribution in [3.05, 3.63) is 21.3 Å². The van der Waals surface area contributed by atoms with Gasteiger partial charge in [-0.05, 0) is 44.2 Å². The molecule has 1 aliphatic carbocycles. The average molecular weight is 313 g/mol. The van der Waals surface area contributed by atoms with E-state index in [4.69, 9.17) is 11.6 Å². The second-order valence-electron chi connectivity index (χ2n) is 6.63. The van der Waals surface area contributed by atoms with E-state index in [-0.39, 0.29) is 0 Å². The lowest BCUT2D eigenvalue weighted by molar-refractivity contribution is 0.0647. The summed E-state index contributed by atoms with van der Waals surface area (Å²) in [4.78, 5) is 4.09. The normalized spacial score (nSPS) is 31.6. The molecule has 2 atom stereocenters. The molecular formula is C16H25ClN2S. The average Bonchev–Trinajstić information content (AvgIpc) is 3.19. The predicted octanol–water partition coefficient (Wildman–Crippen LogP) is 4.14. The molecule has 1 aromatic rings. The molecule has 0 amide bonds. The van der Waals surface area contributed by atoms with E-state index in [9.17, 15) is 0 Å². The van der Waals surface area contributed by atoms with Crippen molar-refractivity contribution in [3.8, 4) is 0 Å². The molecule has 2 heterocycles. The summed E-state index contributed by atoms with van der Waals surface area (Å²) in [6, 6.07) is 4.89. The van der Waals surface area contributed by atoms with Crippen LogP contribution in [-0.2, 0) is 6.54 Å². The summed E-state index contributed by atoms with van der Waals surface area (Å²) < 4.78 is 0.909. The number of nitrogens with zero attached hydrogens (tertiary/aromatic N) is 1. The summed E-state index contributed by atoms with van der Waals surface area (Å²) in [6.07, 6.45) is 5.35. The molecule has 112 valence electrons. The SMILES string of the molecule is CCCC1CNC(C)(C2CC2)CN1Cc1ccc(Cl)s1. The van der Waals surface area contributed by atoms with E-state index < -0.39 is 0 Å². The van der Waals surface area contributed by atoms with Crippen molar-refractivity contribution >= 4 is 22.9 Å². The highest BCUT2D eigenvalue weighted by molar-refractivity contribution is 7.16. The number of nitrogens with one attached hydrogen (secondary N) is 1. The number of piperazine rings is 1. The van der Waals surface area contributed by atoms with E-state index in [0.717, 1.165) is 23.3 Å². The summed E-state index contributed by atoms with van der Waals surface area (Å²) in [5.41, 5.74) is 0.325. The van der Waals surface area contributed by atoms with Crippen molar-refractivity contribution in [1.29, 1.82) is 0 Å². The van der Waals surface area contributed by atoms with Gasteiger partial charge < -0.3 is 5.32 Å². The van der Waals surface area contributed by atoms with Gasteiger partial charge in [-0.15, -0.1) is 11.3 Å². The fourth-order valence-corrected chi connectivity index (χ4v) is 4.63. The lowest BCUT2D eigenvalue weighted by Crippen LogP contribution is -2.63. The molecule has 20 heavy (non-hydrogen) atoms. The van der Waals surface area contributed by atoms with Gasteiger partial charge in [-0.3, -0.25) is 4.90 Å². The first kappa shape index (κ1) is 14.8. The van der Waals surface area contributed by atoms with Crippen LogP contribution in [0, 0.1) is 5.92 Å². The van der Waals surface area contributed by atoms with Gasteiger partial charge in [0.1, 0.15) is 0 Å². The Labute approximate surface area is 131 Å². The van der Waals surface area contributed by atoms with Gasteiger partial charge in [-0.2, -0.15) is 0 Å². The maximum Gasteiger partial charge on any atom is 0.0931 e. The highest BCUT2D eigenvalue weighted by Crippen LogP contribution is 2.42. The minimum absolute atomic E-state index is 0.325. The van der Waals surface area contributed by atoms with Gasteiger partial charge in [0.2, 0.25) is 0 Å². The molecule has 1 aromatic heterocycles. The van der Waals surface area contributed by atoms with Crippen LogP contribution in [0.5, 0.6) is 0 Å². The Morgan fingerprint density at radius 3 is 2.85 bits per heavy atom. The molecule has 2 aliphatic rings. The smallest absolute Gasteiger partial charge is 0.0931 e. The summed E-state index contributed by atoms with van der Waals surface area (Å²) in [7, 11) is 0. The lowest BCUT2D eigenvalue weighted by Gasteiger charge is -2.46. The van der Waals surface area contributed by atoms with Gasteiger partial charge in [-0.1, -0.05) is 24.9 Å². The van der Waals surface area contributed by atoms with Gasteiger partial charge in [0.25, 0.3) is 0 Å². The van der Waals surface area contributed by atoms with Crippen molar-refractivity contribution < 1.29 is 0 Å². The maximum atomic E-state index is 6.08. The van der Waals surface area contributed by atoms with Gasteiger partial charge in [-0.25, -0.2) is 0 Å². The van der Waals surface area contributed by atoms with Gasteiger partial charge in [0, 0.05) is 36.1 Å². The molecule has 3 rings (SSSR count). The minimum atomic E-state index is 0.325. The van der Waals surface area contributed by atoms with Crippen LogP contribution in [0.4, 0.5) is 0 Å². The Bertz CT molecular complexity index is 457. The molecule has 1 N–H and O–H groups in total. The van der Waals surface area contributed by atoms with Crippen molar-refractivity contribution in [2.24, 2.45) is 5.92 Å². The maximum absolute atomic E-state index is 6.08. The van der Waals surface area contributed by atoms with Crippen LogP contribution in [0.25, 0.3) is 0 Å². The Hall–Kier alpha value is -0.0900. The fourth-order valence-electron chi connectivity index (χ4n) is 3.52. The summed E-state index contributed by atoms with van der Waals surface area (Å²) in [5, 5.41) is 3.85. The molecule has 2 fully saturated rings. The zero-order chi connectivity index (χ0) is 14.2. The predicted molar refractivity (Wildman–Crippen MR) is 87.6 cm³/mol. The highest BCUT2D eigenvalue weighted by Gasteiger charge is 2.45. The first-order valence-corrected chi connectivity index (χ1v) is 9.03. The summed E-state index contributed by atoms with van der Waals surface area (Å²) >= 11 is 7.81. The number of thiophene rings is 1. The topological polar surface area (TPSA) is 15.3 Å². The van der Waals surface area contributed by atoms with E-state index in [1.165, 1.54) is 37.1 Å². The van der Waals surface area contributed by atoms with E-state index >= 15 is 0 Å². The first-order valence-electron chi connectivity index (χ1n) is 7.84. The third kappa shape index (κ3) is 3.22. The molecular weight excluding hydrogens is 288 g/mol. The standard InChI is InChI=1S/C16H25ClN2S/c1-3-4-13-9-18-16(2,12-5-6-12)11-19(13)10-14-7-8-15(17)20-14/h7-8,12-13,18H,3-6,9-11H2,1-2H3. The number of hydrogen-bond acceptors (Lipinski definition) is 3. The summed E-state index contributed by atoms with van der Waals surface area (Å²) in [6.45, 7) is 8.08. The van der Waals surface area contributed by atoms with Crippen molar-refractivity contribution in [2.75, 3.05) is 13.1 Å². The number of halogens is 1. The van der Waals surface area contributed by atoms with Crippen molar-refractivity contribution in [1.82, 2.24) is 10.2 Å². The Morgan fingerprint density at radius 2 is 2.25 bits per heavy atom. The van der Waals surface area contributed by atoms with Crippen molar-refractivity contribution in [2.45, 2.75) is 57.7 Å². The largest absolute Gasteiger partial charge is 0.308 e. The quantitative estimate of drug-likeness (QED) is 0.879. The molecule has 1 aliphatic heterocycles. The zero-order valence-electron chi connectivity index (χ0n) is 12.5. The van der Waals surface area contributed by atoms with Crippen molar-refractivity contribution in [3.63, 3.8) is 0 Å². The van der Waals surface area contributed by atoms with Gasteiger partial charge in [0.15, 0.2) is 0 Å². The van der Waals surface area contributed by atoms with Gasteiger partial charge in [0.05, 0.1) is 4.34 Å². The molecule has 0 radical (unpaired) electrons. The molecule has 0 spiro atoms. The monoisotopic (exact) mass is 312 g/mol. The van der Waals surface area contributed by atoms with Crippen LogP contribution in [-0.4, -0.2) is 29.6 Å². The minimum Gasteiger partial charge on any atom is -0.308 e. The highest BCUT2D eigenvalue weighted by atomic mass is 35.5. The lowest BCUT2D eigenvalue weighted by atomic mass is 9.90. The van der Waals surface area contributed by atoms with Crippen LogP contribution in [0.2, 0.25) is 4.34 Å². The zero-order valence-corrected chi connectivity index (χ0v) is 14.1. The molecule has 2 unspecified atom stereocenters. The molecule has 0 bridgehead atoms. The van der Waals surface area contributed by atoms with E-state index in [2.05, 4.69) is 30.1 Å². The van der Waals surface area contributed by atoms with Crippen LogP contribution in [0.15, 0.2) is 12.1 Å². The first-order chi connectivity index (χ1) is 9.60. The van der Waals surface area contributed by atoms with Crippen LogP contribution in [0.3, 0.4) is 0 Å². The van der Waals surface area contributed by atoms with Crippen LogP contribution < -0.4 is 5.32 Å². The fraction of sp³-hybridized carbons (Fsp3) is 0.750. The third-order valence-corrected chi connectivity index (χ3v) is 6.09. The summed E-state index contributed by atoms with van der Waals surface area (Å²) in [5.74, 6) is 0.888. The van der Waals surface area contributed by atoms with E-state index in [1.54, 1.807) is 11.3 Å². The number of hydrogen-bond donors (Lipinski definition) is 1. The van der Waals surface area contributed by atoms with Crippen LogP contribution in [0.1, 0.15) is 44.4 Å². The molecule has 1 saturated carbocycles. The van der Waals surface area contributed by atoms with E-state index in [0.29, 0.717) is 11.6 Å².